The van der Waals surface area contributed by atoms with Crippen molar-refractivity contribution in [3.05, 3.63) is 78.6 Å². The highest BCUT2D eigenvalue weighted by Crippen LogP contribution is 2.30. The first-order chi connectivity index (χ1) is 14.0. The van der Waals surface area contributed by atoms with E-state index in [0.29, 0.717) is 17.9 Å². The van der Waals surface area contributed by atoms with E-state index in [-0.39, 0.29) is 21.2 Å². The van der Waals surface area contributed by atoms with E-state index < -0.39 is 20.0 Å². The Hall–Kier alpha value is -0.920. The van der Waals surface area contributed by atoms with Gasteiger partial charge >= 0.3 is 0 Å². The standard InChI is InChI=1S/C18H12Br4N2O4S2/c19-11-4-6-15(21)17(8-11)29(25,26)23-13-2-1-3-14(10-13)24-30(27,28)18-9-12(20)5-7-16(18)22/h1-10,23-24H. The molecule has 30 heavy (non-hydrogen) atoms. The molecule has 0 radical (unpaired) electrons. The zero-order valence-electron chi connectivity index (χ0n) is 14.7. The van der Waals surface area contributed by atoms with Gasteiger partial charge in [-0.25, -0.2) is 16.8 Å². The highest BCUT2D eigenvalue weighted by atomic mass is 79.9. The van der Waals surface area contributed by atoms with Crippen LogP contribution in [0.15, 0.2) is 88.3 Å². The summed E-state index contributed by atoms with van der Waals surface area (Å²) in [5.74, 6) is 0. The highest BCUT2D eigenvalue weighted by Gasteiger charge is 2.20. The van der Waals surface area contributed by atoms with Crippen molar-refractivity contribution in [2.75, 3.05) is 9.44 Å². The minimum absolute atomic E-state index is 0.0425. The fraction of sp³-hybridized carbons (Fsp3) is 0. The maximum atomic E-state index is 12.8. The summed E-state index contributed by atoms with van der Waals surface area (Å²) in [6.07, 6.45) is 0. The molecule has 2 N–H and O–H groups in total. The minimum Gasteiger partial charge on any atom is -0.280 e. The fourth-order valence-corrected chi connectivity index (χ4v) is 7.54. The molecule has 0 heterocycles. The predicted molar refractivity (Wildman–Crippen MR) is 132 cm³/mol. The van der Waals surface area contributed by atoms with Gasteiger partial charge in [0.15, 0.2) is 0 Å². The summed E-state index contributed by atoms with van der Waals surface area (Å²) in [7, 11) is -7.82. The molecule has 0 unspecified atom stereocenters. The summed E-state index contributed by atoms with van der Waals surface area (Å²) in [5, 5.41) is 0. The van der Waals surface area contributed by atoms with E-state index in [1.807, 2.05) is 0 Å². The average Bonchev–Trinajstić information content (AvgIpc) is 2.65. The molecule has 0 aliphatic heterocycles. The molecule has 0 fully saturated rings. The van der Waals surface area contributed by atoms with Gasteiger partial charge in [0, 0.05) is 17.9 Å². The van der Waals surface area contributed by atoms with Gasteiger partial charge < -0.3 is 0 Å². The zero-order valence-corrected chi connectivity index (χ0v) is 22.7. The number of hydrogen-bond donors (Lipinski definition) is 2. The third-order valence-electron chi connectivity index (χ3n) is 3.73. The van der Waals surface area contributed by atoms with Crippen LogP contribution in [-0.4, -0.2) is 16.8 Å². The zero-order chi connectivity index (χ0) is 22.1. The second-order valence-corrected chi connectivity index (χ2v) is 12.8. The Labute approximate surface area is 208 Å². The first-order valence-corrected chi connectivity index (χ1v) is 14.2. The van der Waals surface area contributed by atoms with Crippen molar-refractivity contribution in [2.24, 2.45) is 0 Å². The van der Waals surface area contributed by atoms with E-state index in [1.165, 1.54) is 30.3 Å². The largest absolute Gasteiger partial charge is 0.280 e. The van der Waals surface area contributed by atoms with Gasteiger partial charge in [-0.3, -0.25) is 9.44 Å². The van der Waals surface area contributed by atoms with Gasteiger partial charge in [-0.15, -0.1) is 0 Å². The van der Waals surface area contributed by atoms with Crippen LogP contribution in [0, 0.1) is 0 Å². The average molecular weight is 704 g/mol. The molecular weight excluding hydrogens is 692 g/mol. The van der Waals surface area contributed by atoms with Crippen molar-refractivity contribution in [1.29, 1.82) is 0 Å². The van der Waals surface area contributed by atoms with E-state index in [9.17, 15) is 16.8 Å². The topological polar surface area (TPSA) is 92.3 Å². The van der Waals surface area contributed by atoms with Crippen LogP contribution in [0.4, 0.5) is 11.4 Å². The number of halogens is 4. The molecule has 0 saturated heterocycles. The molecule has 12 heteroatoms. The summed E-state index contributed by atoms with van der Waals surface area (Å²) in [4.78, 5) is 0.0850. The van der Waals surface area contributed by atoms with Crippen LogP contribution in [0.3, 0.4) is 0 Å². The quantitative estimate of drug-likeness (QED) is 0.314. The van der Waals surface area contributed by atoms with Crippen LogP contribution in [0.5, 0.6) is 0 Å². The molecule has 158 valence electrons. The molecular formula is C18H12Br4N2O4S2. The number of sulfonamides is 2. The number of rotatable bonds is 6. The Morgan fingerprint density at radius 2 is 0.967 bits per heavy atom. The molecule has 0 spiro atoms. The maximum absolute atomic E-state index is 12.8. The monoisotopic (exact) mass is 700 g/mol. The van der Waals surface area contributed by atoms with Crippen LogP contribution >= 0.6 is 63.7 Å². The van der Waals surface area contributed by atoms with Crippen molar-refractivity contribution >= 4 is 95.1 Å². The second kappa shape index (κ2) is 9.29. The lowest BCUT2D eigenvalue weighted by Crippen LogP contribution is -2.15. The summed E-state index contributed by atoms with van der Waals surface area (Å²) in [6, 6.07) is 15.5. The Morgan fingerprint density at radius 3 is 1.37 bits per heavy atom. The number of hydrogen-bond acceptors (Lipinski definition) is 4. The van der Waals surface area contributed by atoms with Crippen LogP contribution in [0.25, 0.3) is 0 Å². The van der Waals surface area contributed by atoms with E-state index in [4.69, 9.17) is 0 Å². The molecule has 3 aromatic carbocycles. The smallest absolute Gasteiger partial charge is 0.263 e. The van der Waals surface area contributed by atoms with E-state index in [1.54, 1.807) is 30.3 Å². The molecule has 0 aliphatic rings. The first kappa shape index (κ1) is 23.7. The molecule has 0 saturated carbocycles. The van der Waals surface area contributed by atoms with E-state index >= 15 is 0 Å². The molecule has 0 aromatic heterocycles. The summed E-state index contributed by atoms with van der Waals surface area (Å²) < 4.78 is 58.0. The van der Waals surface area contributed by atoms with Crippen LogP contribution in [0.1, 0.15) is 0 Å². The van der Waals surface area contributed by atoms with Gasteiger partial charge in [-0.1, -0.05) is 37.9 Å². The predicted octanol–water partition coefficient (Wildman–Crippen LogP) is 6.34. The lowest BCUT2D eigenvalue weighted by atomic mass is 10.3. The normalized spacial score (nSPS) is 11.9. The molecule has 6 nitrogen and oxygen atoms in total. The molecule has 3 rings (SSSR count). The van der Waals surface area contributed by atoms with Crippen LogP contribution < -0.4 is 9.44 Å². The Bertz CT molecular complexity index is 1230. The third kappa shape index (κ3) is 5.65. The van der Waals surface area contributed by atoms with Gasteiger partial charge in [0.1, 0.15) is 9.79 Å². The van der Waals surface area contributed by atoms with Crippen molar-refractivity contribution in [3.63, 3.8) is 0 Å². The summed E-state index contributed by atoms with van der Waals surface area (Å²) >= 11 is 13.0. The number of nitrogens with one attached hydrogen (secondary N) is 2. The lowest BCUT2D eigenvalue weighted by Gasteiger charge is -2.13. The van der Waals surface area contributed by atoms with Gasteiger partial charge in [0.05, 0.1) is 11.4 Å². The minimum atomic E-state index is -3.91. The molecule has 3 aromatic rings. The van der Waals surface area contributed by atoms with Crippen LogP contribution in [-0.2, 0) is 20.0 Å². The highest BCUT2D eigenvalue weighted by molar-refractivity contribution is 9.11. The molecule has 0 bridgehead atoms. The van der Waals surface area contributed by atoms with Crippen molar-refractivity contribution < 1.29 is 16.8 Å². The van der Waals surface area contributed by atoms with Crippen molar-refractivity contribution in [2.45, 2.75) is 9.79 Å². The Balaban J connectivity index is 1.90. The SMILES string of the molecule is O=S(=O)(Nc1cccc(NS(=O)(=O)c2cc(Br)ccc2Br)c1)c1cc(Br)ccc1Br. The van der Waals surface area contributed by atoms with E-state index in [0.717, 1.165) is 0 Å². The summed E-state index contributed by atoms with van der Waals surface area (Å²) in [5.41, 5.74) is 0.408. The number of benzene rings is 3. The maximum Gasteiger partial charge on any atom is 0.263 e. The lowest BCUT2D eigenvalue weighted by molar-refractivity contribution is 0.599. The van der Waals surface area contributed by atoms with Crippen molar-refractivity contribution in [1.82, 2.24) is 0 Å². The third-order valence-corrected chi connectivity index (χ3v) is 9.47. The fourth-order valence-electron chi connectivity index (χ4n) is 2.43. The molecule has 0 atom stereocenters. The molecule has 0 aliphatic carbocycles. The van der Waals surface area contributed by atoms with Gasteiger partial charge in [0.2, 0.25) is 0 Å². The molecule has 0 amide bonds. The van der Waals surface area contributed by atoms with Crippen LogP contribution in [0.2, 0.25) is 0 Å². The Morgan fingerprint density at radius 1 is 0.567 bits per heavy atom. The van der Waals surface area contributed by atoms with E-state index in [2.05, 4.69) is 73.2 Å². The van der Waals surface area contributed by atoms with Gasteiger partial charge in [-0.2, -0.15) is 0 Å². The number of anilines is 2. The Kier molecular flexibility index (Phi) is 7.35. The van der Waals surface area contributed by atoms with Crippen molar-refractivity contribution in [3.8, 4) is 0 Å². The van der Waals surface area contributed by atoms with Gasteiger partial charge in [-0.05, 0) is 86.5 Å². The van der Waals surface area contributed by atoms with Gasteiger partial charge in [0.25, 0.3) is 20.0 Å². The second-order valence-electron chi connectivity index (χ2n) is 5.94. The first-order valence-electron chi connectivity index (χ1n) is 8.04. The summed E-state index contributed by atoms with van der Waals surface area (Å²) in [6.45, 7) is 0.